The zero-order chi connectivity index (χ0) is 33.6. The lowest BCUT2D eigenvalue weighted by Gasteiger charge is -2.25. The summed E-state index contributed by atoms with van der Waals surface area (Å²) < 4.78 is 25.5. The van der Waals surface area contributed by atoms with Crippen molar-refractivity contribution in [3.05, 3.63) is 119 Å². The quantitative estimate of drug-likeness (QED) is 0.115. The van der Waals surface area contributed by atoms with E-state index in [1.165, 1.54) is 10.9 Å². The molecule has 48 heavy (non-hydrogen) atoms. The van der Waals surface area contributed by atoms with Crippen molar-refractivity contribution in [2.45, 2.75) is 37.5 Å². The first-order chi connectivity index (χ1) is 23.3. The van der Waals surface area contributed by atoms with Gasteiger partial charge >= 0.3 is 17.9 Å². The van der Waals surface area contributed by atoms with Crippen LogP contribution in [0.1, 0.15) is 44.2 Å². The number of rotatable bonds is 11. The first-order valence-electron chi connectivity index (χ1n) is 15.0. The number of aromatic nitrogens is 4. The van der Waals surface area contributed by atoms with E-state index in [0.29, 0.717) is 5.56 Å². The van der Waals surface area contributed by atoms with Crippen LogP contribution in [0.3, 0.4) is 0 Å². The second-order valence-corrected chi connectivity index (χ2v) is 11.2. The summed E-state index contributed by atoms with van der Waals surface area (Å²) in [6, 6.07) is 24.5. The molecule has 2 aromatic heterocycles. The van der Waals surface area contributed by atoms with Crippen LogP contribution in [0.25, 0.3) is 11.2 Å². The fourth-order valence-corrected chi connectivity index (χ4v) is 5.30. The molecular formula is C34H30ClN5O8. The standard InChI is InChI=1S/C34H30ClN5O8/c1-20(17-41)37-28-25-29(39-34(35)38-28)40(19-36-25)30-27(48-33(44)23-15-9-4-10-16-23)26(47-32(43)22-13-7-3-8-14-22)24(46-30)18-45-31(42)21-11-5-2-6-12-21/h2-16,19-20,24,26-27,30,41H,17-18H2,1H3,(H,37,38,39)/t20-,24-,26-,27-,30-/m1/s1. The molecule has 0 spiro atoms. The van der Waals surface area contributed by atoms with Crippen molar-refractivity contribution >= 4 is 46.5 Å². The molecule has 14 heteroatoms. The SMILES string of the molecule is C[C@H](CO)Nc1nc(Cl)nc2c1ncn2[C@@H]1O[C@H](COC(=O)c2ccccc2)[C@@H](OC(=O)c2ccccc2)[C@H]1OC(=O)c1ccccc1. The molecule has 3 aromatic carbocycles. The Labute approximate surface area is 279 Å². The first-order valence-corrected chi connectivity index (χ1v) is 15.4. The molecule has 1 aliphatic heterocycles. The van der Waals surface area contributed by atoms with E-state index in [1.807, 2.05) is 0 Å². The number of anilines is 1. The van der Waals surface area contributed by atoms with Crippen LogP contribution in [0.2, 0.25) is 5.28 Å². The third kappa shape index (κ3) is 7.13. The molecule has 5 aromatic rings. The highest BCUT2D eigenvalue weighted by molar-refractivity contribution is 6.28. The second kappa shape index (κ2) is 14.6. The Morgan fingerprint density at radius 2 is 1.40 bits per heavy atom. The molecule has 3 heterocycles. The molecule has 6 rings (SSSR count). The van der Waals surface area contributed by atoms with E-state index in [9.17, 15) is 19.5 Å². The maximum absolute atomic E-state index is 13.5. The van der Waals surface area contributed by atoms with Crippen molar-refractivity contribution in [2.75, 3.05) is 18.5 Å². The number of nitrogens with one attached hydrogen (secondary N) is 1. The summed E-state index contributed by atoms with van der Waals surface area (Å²) >= 11 is 6.30. The van der Waals surface area contributed by atoms with E-state index >= 15 is 0 Å². The zero-order valence-electron chi connectivity index (χ0n) is 25.5. The minimum Gasteiger partial charge on any atom is -0.459 e. The number of aliphatic hydroxyl groups excluding tert-OH is 1. The van der Waals surface area contributed by atoms with Gasteiger partial charge in [0.2, 0.25) is 5.28 Å². The lowest BCUT2D eigenvalue weighted by Crippen LogP contribution is -2.41. The van der Waals surface area contributed by atoms with Crippen molar-refractivity contribution in [3.63, 3.8) is 0 Å². The van der Waals surface area contributed by atoms with Crippen LogP contribution in [0.15, 0.2) is 97.3 Å². The molecule has 1 saturated heterocycles. The number of esters is 3. The Morgan fingerprint density at radius 1 is 0.854 bits per heavy atom. The molecule has 0 saturated carbocycles. The Morgan fingerprint density at radius 3 is 1.96 bits per heavy atom. The summed E-state index contributed by atoms with van der Waals surface area (Å²) in [6.07, 6.45) is -3.45. The van der Waals surface area contributed by atoms with Gasteiger partial charge in [0.15, 0.2) is 35.4 Å². The van der Waals surface area contributed by atoms with Crippen LogP contribution in [-0.2, 0) is 18.9 Å². The number of benzene rings is 3. The largest absolute Gasteiger partial charge is 0.459 e. The van der Waals surface area contributed by atoms with Crippen molar-refractivity contribution in [2.24, 2.45) is 0 Å². The van der Waals surface area contributed by atoms with Gasteiger partial charge in [-0.2, -0.15) is 9.97 Å². The van der Waals surface area contributed by atoms with Gasteiger partial charge in [-0.15, -0.1) is 0 Å². The smallest absolute Gasteiger partial charge is 0.338 e. The Hall–Kier alpha value is -5.37. The molecule has 1 fully saturated rings. The minimum atomic E-state index is -1.29. The van der Waals surface area contributed by atoms with Crippen LogP contribution >= 0.6 is 11.6 Å². The zero-order valence-corrected chi connectivity index (χ0v) is 26.3. The summed E-state index contributed by atoms with van der Waals surface area (Å²) in [5.74, 6) is -1.81. The average Bonchev–Trinajstić information content (AvgIpc) is 3.68. The van der Waals surface area contributed by atoms with Crippen LogP contribution in [0, 0.1) is 0 Å². The molecule has 0 unspecified atom stereocenters. The maximum Gasteiger partial charge on any atom is 0.338 e. The summed E-state index contributed by atoms with van der Waals surface area (Å²) in [5, 5.41) is 12.5. The predicted octanol–water partition coefficient (Wildman–Crippen LogP) is 4.48. The molecule has 2 N–H and O–H groups in total. The van der Waals surface area contributed by atoms with E-state index in [0.717, 1.165) is 0 Å². The molecular weight excluding hydrogens is 642 g/mol. The number of halogens is 1. The summed E-state index contributed by atoms with van der Waals surface area (Å²) in [4.78, 5) is 52.9. The van der Waals surface area contributed by atoms with Gasteiger partial charge < -0.3 is 29.4 Å². The topological polar surface area (TPSA) is 164 Å². The molecule has 0 bridgehead atoms. The fourth-order valence-electron chi connectivity index (χ4n) is 5.14. The number of hydrogen-bond acceptors (Lipinski definition) is 12. The summed E-state index contributed by atoms with van der Waals surface area (Å²) in [7, 11) is 0. The molecule has 0 amide bonds. The van der Waals surface area contributed by atoms with Crippen molar-refractivity contribution in [1.82, 2.24) is 19.5 Å². The average molecular weight is 672 g/mol. The molecule has 5 atom stereocenters. The van der Waals surface area contributed by atoms with Gasteiger partial charge in [-0.05, 0) is 54.9 Å². The number of aliphatic hydroxyl groups is 1. The van der Waals surface area contributed by atoms with Gasteiger partial charge in [0.05, 0.1) is 29.6 Å². The summed E-state index contributed by atoms with van der Waals surface area (Å²) in [6.45, 7) is 1.19. The van der Waals surface area contributed by atoms with E-state index < -0.39 is 48.5 Å². The Kier molecular flexibility index (Phi) is 9.90. The highest BCUT2D eigenvalue weighted by atomic mass is 35.5. The molecule has 246 valence electrons. The van der Waals surface area contributed by atoms with Gasteiger partial charge in [-0.3, -0.25) is 4.57 Å². The second-order valence-electron chi connectivity index (χ2n) is 10.9. The van der Waals surface area contributed by atoms with E-state index in [-0.39, 0.29) is 46.6 Å². The third-order valence-electron chi connectivity index (χ3n) is 7.50. The van der Waals surface area contributed by atoms with Gasteiger partial charge in [0.25, 0.3) is 0 Å². The first kappa shape index (κ1) is 32.6. The number of ether oxygens (including phenoxy) is 4. The third-order valence-corrected chi connectivity index (χ3v) is 7.67. The van der Waals surface area contributed by atoms with Gasteiger partial charge in [-0.1, -0.05) is 54.6 Å². The monoisotopic (exact) mass is 671 g/mol. The molecule has 0 radical (unpaired) electrons. The van der Waals surface area contributed by atoms with Crippen molar-refractivity contribution < 1.29 is 38.4 Å². The molecule has 1 aliphatic rings. The number of carbonyl (C=O) groups excluding carboxylic acids is 3. The van der Waals surface area contributed by atoms with E-state index in [2.05, 4.69) is 20.3 Å². The van der Waals surface area contributed by atoms with E-state index in [1.54, 1.807) is 97.9 Å². The maximum atomic E-state index is 13.5. The Bertz CT molecular complexity index is 1890. The highest BCUT2D eigenvalue weighted by Crippen LogP contribution is 2.37. The predicted molar refractivity (Wildman–Crippen MR) is 172 cm³/mol. The van der Waals surface area contributed by atoms with Crippen LogP contribution in [-0.4, -0.2) is 80.1 Å². The van der Waals surface area contributed by atoms with Gasteiger partial charge in [0.1, 0.15) is 12.7 Å². The van der Waals surface area contributed by atoms with Crippen LogP contribution in [0.5, 0.6) is 0 Å². The molecule has 13 nitrogen and oxygen atoms in total. The summed E-state index contributed by atoms with van der Waals surface area (Å²) in [5.41, 5.74) is 1.28. The number of carbonyl (C=O) groups is 3. The van der Waals surface area contributed by atoms with Crippen LogP contribution < -0.4 is 5.32 Å². The van der Waals surface area contributed by atoms with Gasteiger partial charge in [0, 0.05) is 6.04 Å². The normalized spacial score (nSPS) is 19.4. The fraction of sp³-hybridized carbons (Fsp3) is 0.235. The van der Waals surface area contributed by atoms with Crippen molar-refractivity contribution in [3.8, 4) is 0 Å². The lowest BCUT2D eigenvalue weighted by molar-refractivity contribution is -0.0606. The van der Waals surface area contributed by atoms with Crippen LogP contribution in [0.4, 0.5) is 5.82 Å². The number of hydrogen-bond donors (Lipinski definition) is 2. The molecule has 0 aliphatic carbocycles. The van der Waals surface area contributed by atoms with E-state index in [4.69, 9.17) is 30.5 Å². The van der Waals surface area contributed by atoms with Crippen molar-refractivity contribution in [1.29, 1.82) is 0 Å². The highest BCUT2D eigenvalue weighted by Gasteiger charge is 2.52. The lowest BCUT2D eigenvalue weighted by atomic mass is 10.1. The number of imidazole rings is 1. The van der Waals surface area contributed by atoms with Gasteiger partial charge in [-0.25, -0.2) is 19.4 Å². The number of nitrogens with zero attached hydrogens (tertiary/aromatic N) is 4. The Balaban J connectivity index is 1.40. The number of fused-ring (bicyclic) bond motifs is 1. The minimum absolute atomic E-state index is 0.131.